The minimum atomic E-state index is 0.634. The van der Waals surface area contributed by atoms with Crippen molar-refractivity contribution in [2.24, 2.45) is 12.8 Å². The van der Waals surface area contributed by atoms with Crippen molar-refractivity contribution in [3.63, 3.8) is 0 Å². The smallest absolute Gasteiger partial charge is 0.0714 e. The minimum Gasteiger partial charge on any atom is -0.330 e. The topological polar surface area (TPSA) is 43.8 Å². The van der Waals surface area contributed by atoms with E-state index in [1.807, 2.05) is 11.7 Å². The first kappa shape index (κ1) is 13.3. The van der Waals surface area contributed by atoms with Gasteiger partial charge < -0.3 is 5.73 Å². The lowest BCUT2D eigenvalue weighted by molar-refractivity contribution is 0.745. The number of aromatic nitrogens is 2. The van der Waals surface area contributed by atoms with Crippen molar-refractivity contribution in [2.75, 3.05) is 6.54 Å². The van der Waals surface area contributed by atoms with Gasteiger partial charge in [-0.1, -0.05) is 22.0 Å². The predicted octanol–water partition coefficient (Wildman–Crippen LogP) is 2.97. The van der Waals surface area contributed by atoms with E-state index in [1.165, 1.54) is 22.4 Å². The Labute approximate surface area is 116 Å². The fourth-order valence-electron chi connectivity index (χ4n) is 2.29. The van der Waals surface area contributed by atoms with Crippen molar-refractivity contribution < 1.29 is 0 Å². The first-order valence-electron chi connectivity index (χ1n) is 6.03. The number of halogens is 1. The van der Waals surface area contributed by atoms with Crippen molar-refractivity contribution in [1.82, 2.24) is 9.78 Å². The lowest BCUT2D eigenvalue weighted by atomic mass is 10.0. The molecular weight excluding hydrogens is 290 g/mol. The van der Waals surface area contributed by atoms with Crippen LogP contribution in [0.3, 0.4) is 0 Å². The van der Waals surface area contributed by atoms with Gasteiger partial charge in [0.15, 0.2) is 0 Å². The van der Waals surface area contributed by atoms with E-state index in [0.29, 0.717) is 6.54 Å². The molecule has 0 aliphatic heterocycles. The van der Waals surface area contributed by atoms with Gasteiger partial charge in [-0.3, -0.25) is 4.68 Å². The van der Waals surface area contributed by atoms with E-state index in [1.54, 1.807) is 0 Å². The number of aryl methyl sites for hydroxylation is 2. The molecule has 0 radical (unpaired) electrons. The van der Waals surface area contributed by atoms with E-state index >= 15 is 0 Å². The van der Waals surface area contributed by atoms with Crippen LogP contribution in [0.25, 0.3) is 11.3 Å². The van der Waals surface area contributed by atoms with Gasteiger partial charge in [-0.2, -0.15) is 5.10 Å². The van der Waals surface area contributed by atoms with Crippen LogP contribution >= 0.6 is 15.9 Å². The zero-order valence-corrected chi connectivity index (χ0v) is 12.6. The third-order valence-electron chi connectivity index (χ3n) is 3.22. The van der Waals surface area contributed by atoms with Crippen LogP contribution in [0.15, 0.2) is 22.7 Å². The largest absolute Gasteiger partial charge is 0.330 e. The first-order valence-corrected chi connectivity index (χ1v) is 6.83. The Kier molecular flexibility index (Phi) is 3.88. The van der Waals surface area contributed by atoms with E-state index < -0.39 is 0 Å². The Morgan fingerprint density at radius 1 is 1.33 bits per heavy atom. The molecule has 0 spiro atoms. The zero-order valence-electron chi connectivity index (χ0n) is 11.0. The molecule has 1 heterocycles. The molecule has 96 valence electrons. The highest BCUT2D eigenvalue weighted by Gasteiger charge is 2.15. The number of hydrogen-bond donors (Lipinski definition) is 1. The second-order valence-corrected chi connectivity index (χ2v) is 5.46. The van der Waals surface area contributed by atoms with Crippen LogP contribution in [0, 0.1) is 13.8 Å². The van der Waals surface area contributed by atoms with E-state index in [-0.39, 0.29) is 0 Å². The summed E-state index contributed by atoms with van der Waals surface area (Å²) in [4.78, 5) is 0. The normalized spacial score (nSPS) is 10.9. The molecule has 0 unspecified atom stereocenters. The maximum absolute atomic E-state index is 5.62. The summed E-state index contributed by atoms with van der Waals surface area (Å²) >= 11 is 3.53. The number of nitrogens with two attached hydrogens (primary N) is 1. The SMILES string of the molecule is Cc1ccc(Br)cc1-c1c(C)c(CCN)nn1C. The summed E-state index contributed by atoms with van der Waals surface area (Å²) in [5, 5.41) is 4.57. The molecule has 2 aromatic rings. The van der Waals surface area contributed by atoms with E-state index in [9.17, 15) is 0 Å². The fourth-order valence-corrected chi connectivity index (χ4v) is 2.65. The van der Waals surface area contributed by atoms with Crippen LogP contribution in [0.4, 0.5) is 0 Å². The van der Waals surface area contributed by atoms with Gasteiger partial charge in [0.1, 0.15) is 0 Å². The predicted molar refractivity (Wildman–Crippen MR) is 78.6 cm³/mol. The Bertz CT molecular complexity index is 573. The number of hydrogen-bond acceptors (Lipinski definition) is 2. The standard InChI is InChI=1S/C14H18BrN3/c1-9-4-5-11(15)8-12(9)14-10(2)13(6-7-16)17-18(14)3/h4-5,8H,6-7,16H2,1-3H3. The van der Waals surface area contributed by atoms with Gasteiger partial charge in [0, 0.05) is 23.5 Å². The highest BCUT2D eigenvalue weighted by Crippen LogP contribution is 2.30. The maximum atomic E-state index is 5.62. The number of nitrogens with zero attached hydrogens (tertiary/aromatic N) is 2. The van der Waals surface area contributed by atoms with Crippen molar-refractivity contribution >= 4 is 15.9 Å². The van der Waals surface area contributed by atoms with Crippen molar-refractivity contribution in [1.29, 1.82) is 0 Å². The van der Waals surface area contributed by atoms with E-state index in [4.69, 9.17) is 5.73 Å². The molecule has 1 aromatic carbocycles. The highest BCUT2D eigenvalue weighted by atomic mass is 79.9. The first-order chi connectivity index (χ1) is 8.54. The summed E-state index contributed by atoms with van der Waals surface area (Å²) in [5.41, 5.74) is 11.6. The zero-order chi connectivity index (χ0) is 13.3. The minimum absolute atomic E-state index is 0.634. The van der Waals surface area contributed by atoms with Gasteiger partial charge in [-0.25, -0.2) is 0 Å². The quantitative estimate of drug-likeness (QED) is 0.947. The maximum Gasteiger partial charge on any atom is 0.0714 e. The van der Waals surface area contributed by atoms with Gasteiger partial charge >= 0.3 is 0 Å². The summed E-state index contributed by atoms with van der Waals surface area (Å²) in [6.45, 7) is 4.87. The lowest BCUT2D eigenvalue weighted by Crippen LogP contribution is -2.04. The number of benzene rings is 1. The van der Waals surface area contributed by atoms with Crippen LogP contribution in [0.5, 0.6) is 0 Å². The Hall–Kier alpha value is -1.13. The van der Waals surface area contributed by atoms with E-state index in [2.05, 4.69) is 53.1 Å². The van der Waals surface area contributed by atoms with Crippen LogP contribution in [-0.2, 0) is 13.5 Å². The van der Waals surface area contributed by atoms with Gasteiger partial charge in [-0.15, -0.1) is 0 Å². The lowest BCUT2D eigenvalue weighted by Gasteiger charge is -2.08. The average molecular weight is 308 g/mol. The number of rotatable bonds is 3. The summed E-state index contributed by atoms with van der Waals surface area (Å²) in [5.74, 6) is 0. The molecule has 0 fully saturated rings. The van der Waals surface area contributed by atoms with Crippen molar-refractivity contribution in [3.8, 4) is 11.3 Å². The summed E-state index contributed by atoms with van der Waals surface area (Å²) in [6.07, 6.45) is 0.826. The summed E-state index contributed by atoms with van der Waals surface area (Å²) in [6, 6.07) is 6.32. The van der Waals surface area contributed by atoms with Crippen LogP contribution in [0.2, 0.25) is 0 Å². The van der Waals surface area contributed by atoms with Gasteiger partial charge in [-0.05, 0) is 43.7 Å². The molecule has 2 N–H and O–H groups in total. The Morgan fingerprint density at radius 3 is 2.72 bits per heavy atom. The molecule has 0 saturated carbocycles. The second-order valence-electron chi connectivity index (χ2n) is 4.54. The highest BCUT2D eigenvalue weighted by molar-refractivity contribution is 9.10. The molecule has 1 aromatic heterocycles. The molecule has 3 nitrogen and oxygen atoms in total. The summed E-state index contributed by atoms with van der Waals surface area (Å²) < 4.78 is 3.04. The Balaban J connectivity index is 2.60. The molecule has 0 bridgehead atoms. The van der Waals surface area contributed by atoms with Crippen LogP contribution in [0.1, 0.15) is 16.8 Å². The molecular formula is C14H18BrN3. The molecule has 4 heteroatoms. The third kappa shape index (κ3) is 2.35. The van der Waals surface area contributed by atoms with Crippen LogP contribution in [-0.4, -0.2) is 16.3 Å². The van der Waals surface area contributed by atoms with Gasteiger partial charge in [0.2, 0.25) is 0 Å². The van der Waals surface area contributed by atoms with Crippen molar-refractivity contribution in [3.05, 3.63) is 39.5 Å². The molecule has 0 saturated heterocycles. The van der Waals surface area contributed by atoms with Gasteiger partial charge in [0.25, 0.3) is 0 Å². The molecule has 0 amide bonds. The average Bonchev–Trinajstić information content (AvgIpc) is 2.59. The second kappa shape index (κ2) is 5.24. The summed E-state index contributed by atoms with van der Waals surface area (Å²) in [7, 11) is 1.99. The Morgan fingerprint density at radius 2 is 2.06 bits per heavy atom. The monoisotopic (exact) mass is 307 g/mol. The molecule has 18 heavy (non-hydrogen) atoms. The van der Waals surface area contributed by atoms with Crippen molar-refractivity contribution in [2.45, 2.75) is 20.3 Å². The molecule has 0 aliphatic rings. The van der Waals surface area contributed by atoms with E-state index in [0.717, 1.165) is 16.6 Å². The third-order valence-corrected chi connectivity index (χ3v) is 3.71. The fraction of sp³-hybridized carbons (Fsp3) is 0.357. The van der Waals surface area contributed by atoms with Gasteiger partial charge in [0.05, 0.1) is 11.4 Å². The van der Waals surface area contributed by atoms with Crippen LogP contribution < -0.4 is 5.73 Å². The molecule has 0 aliphatic carbocycles. The molecule has 2 rings (SSSR count). The molecule has 0 atom stereocenters.